The number of nitriles is 1. The molecule has 5 nitrogen and oxygen atoms in total. The summed E-state index contributed by atoms with van der Waals surface area (Å²) in [4.78, 5) is 12.1. The first kappa shape index (κ1) is 14.0. The number of carbonyl (C=O) groups is 1. The van der Waals surface area contributed by atoms with E-state index in [0.717, 1.165) is 16.6 Å². The number of benzene rings is 1. The third-order valence-electron chi connectivity index (χ3n) is 3.68. The van der Waals surface area contributed by atoms with Crippen LogP contribution < -0.4 is 5.32 Å². The molecular weight excluding hydrogens is 278 g/mol. The van der Waals surface area contributed by atoms with Crippen LogP contribution in [-0.2, 0) is 17.9 Å². The lowest BCUT2D eigenvalue weighted by Gasteiger charge is -2.08. The second kappa shape index (κ2) is 5.78. The standard InChI is InChI=1S/C17H15N3O2/c1-12-15(9-18)14-6-2-3-7-16(14)20(12)11-17(21)19-10-13-5-4-8-22-13/h2-8H,10-11H2,1H3,(H,19,21). The van der Waals surface area contributed by atoms with Gasteiger partial charge >= 0.3 is 0 Å². The summed E-state index contributed by atoms with van der Waals surface area (Å²) in [6, 6.07) is 13.4. The average Bonchev–Trinajstić information content (AvgIpc) is 3.13. The van der Waals surface area contributed by atoms with E-state index in [2.05, 4.69) is 11.4 Å². The van der Waals surface area contributed by atoms with Gasteiger partial charge in [0.1, 0.15) is 18.4 Å². The van der Waals surface area contributed by atoms with Gasteiger partial charge in [0.15, 0.2) is 0 Å². The van der Waals surface area contributed by atoms with Gasteiger partial charge in [0.05, 0.1) is 23.9 Å². The number of para-hydroxylation sites is 1. The summed E-state index contributed by atoms with van der Waals surface area (Å²) in [5.74, 6) is 0.588. The Morgan fingerprint density at radius 2 is 2.14 bits per heavy atom. The molecule has 5 heteroatoms. The van der Waals surface area contributed by atoms with Crippen LogP contribution in [0.5, 0.6) is 0 Å². The van der Waals surface area contributed by atoms with Gasteiger partial charge in [0.25, 0.3) is 0 Å². The van der Waals surface area contributed by atoms with E-state index in [-0.39, 0.29) is 12.5 Å². The van der Waals surface area contributed by atoms with Gasteiger partial charge in [-0.05, 0) is 25.1 Å². The fourth-order valence-corrected chi connectivity index (χ4v) is 2.57. The van der Waals surface area contributed by atoms with E-state index in [0.29, 0.717) is 17.9 Å². The highest BCUT2D eigenvalue weighted by molar-refractivity contribution is 5.89. The molecular formula is C17H15N3O2. The van der Waals surface area contributed by atoms with Crippen LogP contribution in [0.3, 0.4) is 0 Å². The van der Waals surface area contributed by atoms with Crippen molar-refractivity contribution in [3.8, 4) is 6.07 Å². The molecule has 2 heterocycles. The maximum absolute atomic E-state index is 12.1. The van der Waals surface area contributed by atoms with Gasteiger partial charge in [0, 0.05) is 11.1 Å². The third-order valence-corrected chi connectivity index (χ3v) is 3.68. The lowest BCUT2D eigenvalue weighted by Crippen LogP contribution is -2.27. The number of hydrogen-bond acceptors (Lipinski definition) is 3. The number of nitrogens with zero attached hydrogens (tertiary/aromatic N) is 2. The van der Waals surface area contributed by atoms with E-state index in [4.69, 9.17) is 4.42 Å². The number of fused-ring (bicyclic) bond motifs is 1. The van der Waals surface area contributed by atoms with E-state index in [9.17, 15) is 10.1 Å². The Kier molecular flexibility index (Phi) is 3.67. The minimum Gasteiger partial charge on any atom is -0.467 e. The number of nitrogens with one attached hydrogen (secondary N) is 1. The topological polar surface area (TPSA) is 71.0 Å². The Hall–Kier alpha value is -3.00. The predicted octanol–water partition coefficient (Wildman–Crippen LogP) is 2.73. The van der Waals surface area contributed by atoms with Crippen molar-refractivity contribution in [1.82, 2.24) is 9.88 Å². The Morgan fingerprint density at radius 1 is 1.32 bits per heavy atom. The van der Waals surface area contributed by atoms with Crippen molar-refractivity contribution >= 4 is 16.8 Å². The van der Waals surface area contributed by atoms with Gasteiger partial charge in [-0.25, -0.2) is 0 Å². The van der Waals surface area contributed by atoms with Gasteiger partial charge < -0.3 is 14.3 Å². The van der Waals surface area contributed by atoms with Crippen LogP contribution in [0.15, 0.2) is 47.1 Å². The normalized spacial score (nSPS) is 10.5. The van der Waals surface area contributed by atoms with Crippen LogP contribution in [0.25, 0.3) is 10.9 Å². The molecule has 110 valence electrons. The molecule has 0 spiro atoms. The lowest BCUT2D eigenvalue weighted by molar-refractivity contribution is -0.121. The highest BCUT2D eigenvalue weighted by Gasteiger charge is 2.15. The molecule has 0 atom stereocenters. The number of rotatable bonds is 4. The van der Waals surface area contributed by atoms with Crippen molar-refractivity contribution in [1.29, 1.82) is 5.26 Å². The molecule has 0 fully saturated rings. The monoisotopic (exact) mass is 293 g/mol. The fourth-order valence-electron chi connectivity index (χ4n) is 2.57. The Balaban J connectivity index is 1.83. The Morgan fingerprint density at radius 3 is 2.86 bits per heavy atom. The third kappa shape index (κ3) is 2.47. The van der Waals surface area contributed by atoms with E-state index >= 15 is 0 Å². The summed E-state index contributed by atoms with van der Waals surface area (Å²) in [7, 11) is 0. The van der Waals surface area contributed by atoms with Crippen molar-refractivity contribution in [2.45, 2.75) is 20.0 Å². The second-order valence-corrected chi connectivity index (χ2v) is 5.03. The van der Waals surface area contributed by atoms with Crippen molar-refractivity contribution in [2.24, 2.45) is 0 Å². The maximum atomic E-state index is 12.1. The van der Waals surface area contributed by atoms with Crippen molar-refractivity contribution < 1.29 is 9.21 Å². The summed E-state index contributed by atoms with van der Waals surface area (Å²) in [6.45, 7) is 2.39. The first-order valence-corrected chi connectivity index (χ1v) is 6.97. The fraction of sp³-hybridized carbons (Fsp3) is 0.176. The molecule has 1 amide bonds. The molecule has 1 N–H and O–H groups in total. The predicted molar refractivity (Wildman–Crippen MR) is 81.9 cm³/mol. The first-order chi connectivity index (χ1) is 10.7. The van der Waals surface area contributed by atoms with Crippen molar-refractivity contribution in [3.05, 3.63) is 59.7 Å². The molecule has 0 aliphatic heterocycles. The molecule has 0 saturated heterocycles. The lowest BCUT2D eigenvalue weighted by atomic mass is 10.1. The van der Waals surface area contributed by atoms with E-state index < -0.39 is 0 Å². The minimum atomic E-state index is -0.121. The zero-order valence-electron chi connectivity index (χ0n) is 12.2. The van der Waals surface area contributed by atoms with Crippen LogP contribution >= 0.6 is 0 Å². The van der Waals surface area contributed by atoms with Gasteiger partial charge in [-0.1, -0.05) is 18.2 Å². The van der Waals surface area contributed by atoms with Crippen LogP contribution in [0, 0.1) is 18.3 Å². The number of carbonyl (C=O) groups excluding carboxylic acids is 1. The summed E-state index contributed by atoms with van der Waals surface area (Å²) in [5.41, 5.74) is 2.32. The summed E-state index contributed by atoms with van der Waals surface area (Å²) >= 11 is 0. The van der Waals surface area contributed by atoms with E-state index in [1.165, 1.54) is 0 Å². The van der Waals surface area contributed by atoms with E-state index in [1.807, 2.05) is 41.8 Å². The molecule has 22 heavy (non-hydrogen) atoms. The zero-order chi connectivity index (χ0) is 15.5. The number of amides is 1. The summed E-state index contributed by atoms with van der Waals surface area (Å²) in [5, 5.41) is 13.0. The second-order valence-electron chi connectivity index (χ2n) is 5.03. The smallest absolute Gasteiger partial charge is 0.240 e. The largest absolute Gasteiger partial charge is 0.467 e. The van der Waals surface area contributed by atoms with Gasteiger partial charge in [-0.15, -0.1) is 0 Å². The molecule has 1 aromatic carbocycles. The maximum Gasteiger partial charge on any atom is 0.240 e. The molecule has 3 rings (SSSR count). The Labute approximate surface area is 127 Å². The van der Waals surface area contributed by atoms with Crippen LogP contribution in [0.2, 0.25) is 0 Å². The van der Waals surface area contributed by atoms with Gasteiger partial charge in [0.2, 0.25) is 5.91 Å². The van der Waals surface area contributed by atoms with Crippen molar-refractivity contribution in [2.75, 3.05) is 0 Å². The molecule has 3 aromatic rings. The molecule has 0 aliphatic carbocycles. The number of aromatic nitrogens is 1. The molecule has 0 unspecified atom stereocenters. The highest BCUT2D eigenvalue weighted by atomic mass is 16.3. The SMILES string of the molecule is Cc1c(C#N)c2ccccc2n1CC(=O)NCc1ccco1. The summed E-state index contributed by atoms with van der Waals surface area (Å²) in [6.07, 6.45) is 1.57. The molecule has 0 bridgehead atoms. The summed E-state index contributed by atoms with van der Waals surface area (Å²) < 4.78 is 7.05. The molecule has 2 aromatic heterocycles. The van der Waals surface area contributed by atoms with Crippen LogP contribution in [0.4, 0.5) is 0 Å². The highest BCUT2D eigenvalue weighted by Crippen LogP contribution is 2.24. The quantitative estimate of drug-likeness (QED) is 0.804. The number of furan rings is 1. The first-order valence-electron chi connectivity index (χ1n) is 6.97. The minimum absolute atomic E-state index is 0.121. The van der Waals surface area contributed by atoms with Crippen LogP contribution in [0.1, 0.15) is 17.0 Å². The van der Waals surface area contributed by atoms with Crippen LogP contribution in [-0.4, -0.2) is 10.5 Å². The molecule has 0 radical (unpaired) electrons. The molecule has 0 aliphatic rings. The zero-order valence-corrected chi connectivity index (χ0v) is 12.2. The molecule has 0 saturated carbocycles. The van der Waals surface area contributed by atoms with Gasteiger partial charge in [-0.2, -0.15) is 5.26 Å². The van der Waals surface area contributed by atoms with Crippen molar-refractivity contribution in [3.63, 3.8) is 0 Å². The Bertz CT molecular complexity index is 854. The van der Waals surface area contributed by atoms with Gasteiger partial charge in [-0.3, -0.25) is 4.79 Å². The number of hydrogen-bond donors (Lipinski definition) is 1. The average molecular weight is 293 g/mol. The van der Waals surface area contributed by atoms with E-state index in [1.54, 1.807) is 12.3 Å².